The van der Waals surface area contributed by atoms with Crippen molar-refractivity contribution >= 4 is 32.2 Å². The van der Waals surface area contributed by atoms with Gasteiger partial charge in [0.15, 0.2) is 0 Å². The predicted molar refractivity (Wildman–Crippen MR) is 94.0 cm³/mol. The summed E-state index contributed by atoms with van der Waals surface area (Å²) in [5, 5.41) is 31.4. The Balaban J connectivity index is -0.0000000708. The number of carbonyl (C=O) groups is 2. The first-order valence-corrected chi connectivity index (χ1v) is 9.93. The Hall–Kier alpha value is -1.84. The molecular formula is C12H26O12S2. The van der Waals surface area contributed by atoms with E-state index in [0.717, 1.165) is 25.0 Å². The molecule has 0 fully saturated rings. The smallest absolute Gasteiger partial charge is 0.327 e. The number of rotatable bonds is 5. The second kappa shape index (κ2) is 23.2. The summed E-state index contributed by atoms with van der Waals surface area (Å²) in [4.78, 5) is 18.5. The highest BCUT2D eigenvalue weighted by atomic mass is 32.2. The zero-order chi connectivity index (χ0) is 22.4. The molecule has 0 saturated carbocycles. The lowest BCUT2D eigenvalue weighted by Gasteiger charge is -1.85. The zero-order valence-electron chi connectivity index (χ0n) is 14.3. The van der Waals surface area contributed by atoms with Crippen LogP contribution in [0.2, 0.25) is 0 Å². The van der Waals surface area contributed by atoms with E-state index < -0.39 is 32.2 Å². The fourth-order valence-electron chi connectivity index (χ4n) is 0.224. The molecule has 0 amide bonds. The van der Waals surface area contributed by atoms with Crippen molar-refractivity contribution in [1.29, 1.82) is 0 Å². The van der Waals surface area contributed by atoms with Crippen molar-refractivity contribution in [2.45, 2.75) is 12.8 Å². The molecule has 158 valence electrons. The van der Waals surface area contributed by atoms with Crippen LogP contribution < -0.4 is 0 Å². The van der Waals surface area contributed by atoms with E-state index in [4.69, 9.17) is 29.5 Å². The molecule has 0 rings (SSSR count). The van der Waals surface area contributed by atoms with Crippen LogP contribution in [0.4, 0.5) is 0 Å². The molecule has 0 aromatic carbocycles. The molecular weight excluding hydrogens is 400 g/mol. The van der Waals surface area contributed by atoms with Crippen LogP contribution in [0.3, 0.4) is 0 Å². The van der Waals surface area contributed by atoms with Gasteiger partial charge in [0.1, 0.15) is 0 Å². The quantitative estimate of drug-likeness (QED) is 0.182. The fraction of sp³-hybridized carbons (Fsp3) is 0.500. The Morgan fingerprint density at radius 2 is 0.885 bits per heavy atom. The van der Waals surface area contributed by atoms with Gasteiger partial charge in [-0.15, -0.1) is 0 Å². The van der Waals surface area contributed by atoms with E-state index >= 15 is 0 Å². The van der Waals surface area contributed by atoms with Gasteiger partial charge in [0.25, 0.3) is 20.2 Å². The number of aliphatic hydroxyl groups is 2. The van der Waals surface area contributed by atoms with Crippen LogP contribution in [0, 0.1) is 0 Å². The highest BCUT2D eigenvalue weighted by Crippen LogP contribution is 1.80. The SMILES string of the molecule is C=CC(=O)O.C=CC(=O)O.CS(=O)(=O)O.CS(=O)(=O)O.OCCCCO. The number of carboxylic acid groups (broad SMARTS) is 2. The minimum absolute atomic E-state index is 0.195. The van der Waals surface area contributed by atoms with E-state index in [1.54, 1.807) is 0 Å². The molecule has 0 saturated heterocycles. The molecule has 0 atom stereocenters. The van der Waals surface area contributed by atoms with Crippen molar-refractivity contribution in [1.82, 2.24) is 0 Å². The normalized spacial score (nSPS) is 9.00. The largest absolute Gasteiger partial charge is 0.478 e. The summed E-state index contributed by atoms with van der Waals surface area (Å²) < 4.78 is 51.7. The van der Waals surface area contributed by atoms with Crippen molar-refractivity contribution in [2.24, 2.45) is 0 Å². The molecule has 0 radical (unpaired) electrons. The summed E-state index contributed by atoms with van der Waals surface area (Å²) in [6, 6.07) is 0. The summed E-state index contributed by atoms with van der Waals surface area (Å²) in [7, 11) is -7.33. The third-order valence-corrected chi connectivity index (χ3v) is 0.915. The Labute approximate surface area is 152 Å². The van der Waals surface area contributed by atoms with Crippen LogP contribution in [-0.4, -0.2) is 84.0 Å². The van der Waals surface area contributed by atoms with Crippen molar-refractivity contribution in [3.63, 3.8) is 0 Å². The molecule has 0 heterocycles. The Bertz CT molecular complexity index is 495. The van der Waals surface area contributed by atoms with Crippen LogP contribution in [0.15, 0.2) is 25.3 Å². The average molecular weight is 426 g/mol. The third kappa shape index (κ3) is 373. The molecule has 0 aliphatic carbocycles. The van der Waals surface area contributed by atoms with Crippen molar-refractivity contribution in [3.05, 3.63) is 25.3 Å². The fourth-order valence-corrected chi connectivity index (χ4v) is 0.224. The lowest BCUT2D eigenvalue weighted by Crippen LogP contribution is -1.88. The van der Waals surface area contributed by atoms with Gasteiger partial charge in [-0.25, -0.2) is 9.59 Å². The van der Waals surface area contributed by atoms with Crippen molar-refractivity contribution in [3.8, 4) is 0 Å². The van der Waals surface area contributed by atoms with Crippen LogP contribution in [0.5, 0.6) is 0 Å². The standard InChI is InChI=1S/C4H10O2.2C3H4O2.2CH4O3S/c5-3-1-2-4-6;2*1-2-3(4)5;2*1-5(2,3)4/h5-6H,1-4H2;2*2H,1H2,(H,4,5);2*1H3,(H,2,3,4). The zero-order valence-corrected chi connectivity index (χ0v) is 16.0. The van der Waals surface area contributed by atoms with Gasteiger partial charge in [-0.05, 0) is 12.8 Å². The maximum atomic E-state index is 9.25. The summed E-state index contributed by atoms with van der Waals surface area (Å²) in [6.07, 6.45) is 4.53. The first-order chi connectivity index (χ1) is 11.5. The number of hydrogen-bond acceptors (Lipinski definition) is 8. The number of hydrogen-bond donors (Lipinski definition) is 6. The van der Waals surface area contributed by atoms with Crippen molar-refractivity contribution in [2.75, 3.05) is 25.7 Å². The average Bonchev–Trinajstić information content (AvgIpc) is 2.42. The minimum Gasteiger partial charge on any atom is -0.478 e. The Morgan fingerprint density at radius 3 is 0.923 bits per heavy atom. The molecule has 0 aliphatic rings. The first-order valence-electron chi connectivity index (χ1n) is 6.23. The van der Waals surface area contributed by atoms with Gasteiger partial charge >= 0.3 is 11.9 Å². The lowest BCUT2D eigenvalue weighted by molar-refractivity contribution is -0.132. The van der Waals surface area contributed by atoms with Crippen LogP contribution >= 0.6 is 0 Å². The maximum absolute atomic E-state index is 9.25. The highest BCUT2D eigenvalue weighted by molar-refractivity contribution is 7.85. The molecule has 0 bridgehead atoms. The molecule has 0 spiro atoms. The van der Waals surface area contributed by atoms with E-state index in [1.807, 2.05) is 0 Å². The Morgan fingerprint density at radius 1 is 0.769 bits per heavy atom. The maximum Gasteiger partial charge on any atom is 0.327 e. The second-order valence-corrected chi connectivity index (χ2v) is 6.64. The summed E-state index contributed by atoms with van der Waals surface area (Å²) in [5.74, 6) is -1.96. The molecule has 0 unspecified atom stereocenters. The van der Waals surface area contributed by atoms with E-state index in [1.165, 1.54) is 0 Å². The topological polar surface area (TPSA) is 224 Å². The van der Waals surface area contributed by atoms with Gasteiger partial charge in [-0.2, -0.15) is 16.8 Å². The van der Waals surface area contributed by atoms with Crippen LogP contribution in [-0.2, 0) is 29.8 Å². The second-order valence-electron chi connectivity index (χ2n) is 3.71. The molecule has 6 N–H and O–H groups in total. The van der Waals surface area contributed by atoms with Crippen LogP contribution in [0.1, 0.15) is 12.8 Å². The van der Waals surface area contributed by atoms with Gasteiger partial charge in [-0.1, -0.05) is 13.2 Å². The highest BCUT2D eigenvalue weighted by Gasteiger charge is 1.82. The van der Waals surface area contributed by atoms with Gasteiger partial charge in [0.05, 0.1) is 12.5 Å². The van der Waals surface area contributed by atoms with Gasteiger partial charge < -0.3 is 20.4 Å². The molecule has 0 aliphatic heterocycles. The van der Waals surface area contributed by atoms with E-state index in [0.29, 0.717) is 12.5 Å². The third-order valence-electron chi connectivity index (χ3n) is 0.915. The number of carboxylic acids is 2. The number of aliphatic hydroxyl groups excluding tert-OH is 2. The molecule has 0 aromatic rings. The van der Waals surface area contributed by atoms with E-state index in [-0.39, 0.29) is 13.2 Å². The van der Waals surface area contributed by atoms with E-state index in [9.17, 15) is 26.4 Å². The summed E-state index contributed by atoms with van der Waals surface area (Å²) in [5.41, 5.74) is 0. The molecule has 12 nitrogen and oxygen atoms in total. The van der Waals surface area contributed by atoms with Crippen molar-refractivity contribution < 1.29 is 56.0 Å². The first kappa shape index (κ1) is 35.3. The monoisotopic (exact) mass is 426 g/mol. The van der Waals surface area contributed by atoms with E-state index in [2.05, 4.69) is 13.2 Å². The predicted octanol–water partition coefficient (Wildman–Crippen LogP) is -0.727. The summed E-state index contributed by atoms with van der Waals surface area (Å²) in [6.45, 7) is 6.31. The van der Waals surface area contributed by atoms with Gasteiger partial charge in [0.2, 0.25) is 0 Å². The molecule has 14 heteroatoms. The van der Waals surface area contributed by atoms with Crippen LogP contribution in [0.25, 0.3) is 0 Å². The number of aliphatic carboxylic acids is 2. The number of unbranched alkanes of at least 4 members (excludes halogenated alkanes) is 1. The van der Waals surface area contributed by atoms with Gasteiger partial charge in [0, 0.05) is 25.4 Å². The summed E-state index contributed by atoms with van der Waals surface area (Å²) >= 11 is 0. The Kier molecular flexibility index (Phi) is 31.4. The molecule has 0 aromatic heterocycles. The lowest BCUT2D eigenvalue weighted by atomic mass is 10.3. The molecule has 26 heavy (non-hydrogen) atoms. The van der Waals surface area contributed by atoms with Gasteiger partial charge in [-0.3, -0.25) is 9.11 Å². The minimum atomic E-state index is -3.67.